The molecule has 0 aliphatic heterocycles. The van der Waals surface area contributed by atoms with Gasteiger partial charge in [-0.15, -0.1) is 11.3 Å². The van der Waals surface area contributed by atoms with Gasteiger partial charge in [0.1, 0.15) is 4.88 Å². The van der Waals surface area contributed by atoms with E-state index in [9.17, 15) is 15.2 Å². The fourth-order valence-corrected chi connectivity index (χ4v) is 5.38. The summed E-state index contributed by atoms with van der Waals surface area (Å²) in [4.78, 5) is 12.5. The summed E-state index contributed by atoms with van der Waals surface area (Å²) >= 11 is 1.35. The molecule has 0 radical (unpaired) electrons. The monoisotopic (exact) mass is 437 g/mol. The van der Waals surface area contributed by atoms with Crippen LogP contribution in [0.1, 0.15) is 89.6 Å². The molecule has 164 valence electrons. The lowest BCUT2D eigenvalue weighted by atomic mass is 9.82. The van der Waals surface area contributed by atoms with Crippen LogP contribution in [0, 0.1) is 17.2 Å². The molecule has 2 aromatic rings. The molecule has 2 N–H and O–H groups in total. The van der Waals surface area contributed by atoms with Crippen molar-refractivity contribution in [3.8, 4) is 6.07 Å². The summed E-state index contributed by atoms with van der Waals surface area (Å²) < 4.78 is 0. The predicted molar refractivity (Wildman–Crippen MR) is 124 cm³/mol. The van der Waals surface area contributed by atoms with E-state index in [0.29, 0.717) is 10.8 Å². The van der Waals surface area contributed by atoms with Gasteiger partial charge >= 0.3 is 5.97 Å². The highest BCUT2D eigenvalue weighted by Gasteiger charge is 2.31. The van der Waals surface area contributed by atoms with Crippen molar-refractivity contribution in [2.45, 2.75) is 70.3 Å². The third kappa shape index (κ3) is 6.06. The van der Waals surface area contributed by atoms with Crippen molar-refractivity contribution >= 4 is 17.3 Å². The number of aromatic carboxylic acids is 1. The maximum atomic E-state index is 11.1. The first kappa shape index (κ1) is 23.2. The number of carboxylic acid groups (broad SMARTS) is 1. The number of nitrogens with zero attached hydrogens (tertiary/aromatic N) is 1. The largest absolute Gasteiger partial charge is 0.477 e. The second kappa shape index (κ2) is 11.3. The first-order chi connectivity index (χ1) is 15.0. The third-order valence-electron chi connectivity index (χ3n) is 6.21. The Kier molecular flexibility index (Phi) is 8.45. The zero-order valence-electron chi connectivity index (χ0n) is 18.1. The number of hydrogen-bond donors (Lipinski definition) is 2. The van der Waals surface area contributed by atoms with Gasteiger partial charge in [0.2, 0.25) is 0 Å². The van der Waals surface area contributed by atoms with Crippen molar-refractivity contribution in [1.29, 1.82) is 5.26 Å². The van der Waals surface area contributed by atoms with Gasteiger partial charge in [-0.3, -0.25) is 0 Å². The molecule has 0 spiro atoms. The van der Waals surface area contributed by atoms with Gasteiger partial charge < -0.3 is 10.2 Å². The van der Waals surface area contributed by atoms with Gasteiger partial charge in [-0.25, -0.2) is 4.79 Å². The Bertz CT molecular complexity index is 938. The Morgan fingerprint density at radius 1 is 1.19 bits per heavy atom. The van der Waals surface area contributed by atoms with Crippen LogP contribution >= 0.6 is 11.3 Å². The van der Waals surface area contributed by atoms with Crippen LogP contribution in [0.2, 0.25) is 0 Å². The van der Waals surface area contributed by atoms with Crippen molar-refractivity contribution in [3.63, 3.8) is 0 Å². The molecule has 5 heteroatoms. The zero-order chi connectivity index (χ0) is 22.2. The van der Waals surface area contributed by atoms with Gasteiger partial charge in [0.25, 0.3) is 0 Å². The van der Waals surface area contributed by atoms with Crippen LogP contribution in [0.5, 0.6) is 0 Å². The summed E-state index contributed by atoms with van der Waals surface area (Å²) in [5, 5.41) is 29.1. The SMILES string of the molecule is CCCCCC(O)c1ccc(C2C(C#N)=CCC2CCCc2ccc(C(=O)O)s2)cc1. The Morgan fingerprint density at radius 2 is 1.97 bits per heavy atom. The van der Waals surface area contributed by atoms with Crippen molar-refractivity contribution in [3.05, 3.63) is 68.9 Å². The minimum atomic E-state index is -0.867. The maximum absolute atomic E-state index is 11.1. The molecule has 3 rings (SSSR count). The van der Waals surface area contributed by atoms with Gasteiger partial charge in [0, 0.05) is 16.4 Å². The van der Waals surface area contributed by atoms with E-state index < -0.39 is 12.1 Å². The molecule has 0 saturated heterocycles. The lowest BCUT2D eigenvalue weighted by molar-refractivity contribution is 0.0702. The highest BCUT2D eigenvalue weighted by molar-refractivity contribution is 7.13. The van der Waals surface area contributed by atoms with Crippen LogP contribution in [-0.2, 0) is 6.42 Å². The molecule has 1 aliphatic carbocycles. The van der Waals surface area contributed by atoms with Gasteiger partial charge in [0.15, 0.2) is 0 Å². The molecule has 1 aromatic carbocycles. The number of nitriles is 1. The molecular weight excluding hydrogens is 406 g/mol. The van der Waals surface area contributed by atoms with Crippen LogP contribution in [0.25, 0.3) is 0 Å². The van der Waals surface area contributed by atoms with Crippen molar-refractivity contribution < 1.29 is 15.0 Å². The summed E-state index contributed by atoms with van der Waals surface area (Å²) in [6.07, 6.45) is 9.48. The average Bonchev–Trinajstić information content (AvgIpc) is 3.41. The Morgan fingerprint density at radius 3 is 2.61 bits per heavy atom. The number of allylic oxidation sites excluding steroid dienone is 2. The number of carboxylic acids is 1. The van der Waals surface area contributed by atoms with Gasteiger partial charge in [-0.2, -0.15) is 5.26 Å². The summed E-state index contributed by atoms with van der Waals surface area (Å²) in [7, 11) is 0. The zero-order valence-corrected chi connectivity index (χ0v) is 18.9. The summed E-state index contributed by atoms with van der Waals surface area (Å²) in [5.41, 5.74) is 2.93. The smallest absolute Gasteiger partial charge is 0.345 e. The summed E-state index contributed by atoms with van der Waals surface area (Å²) in [5.74, 6) is -0.378. The number of rotatable bonds is 11. The fraction of sp³-hybridized carbons (Fsp3) is 0.462. The molecule has 1 aromatic heterocycles. The number of carbonyl (C=O) groups is 1. The molecular formula is C26H31NO3S. The van der Waals surface area contributed by atoms with Gasteiger partial charge in [-0.1, -0.05) is 56.5 Å². The van der Waals surface area contributed by atoms with Crippen molar-refractivity contribution in [1.82, 2.24) is 0 Å². The predicted octanol–water partition coefficient (Wildman–Crippen LogP) is 6.64. The van der Waals surface area contributed by atoms with E-state index in [2.05, 4.69) is 31.2 Å². The minimum Gasteiger partial charge on any atom is -0.477 e. The molecule has 0 bridgehead atoms. The summed E-state index contributed by atoms with van der Waals surface area (Å²) in [6, 6.07) is 14.1. The van der Waals surface area contributed by atoms with Crippen LogP contribution in [0.4, 0.5) is 0 Å². The second-order valence-electron chi connectivity index (χ2n) is 8.39. The van der Waals surface area contributed by atoms with Crippen LogP contribution in [-0.4, -0.2) is 16.2 Å². The normalized spacial score (nSPS) is 19.1. The topological polar surface area (TPSA) is 81.3 Å². The van der Waals surface area contributed by atoms with Gasteiger partial charge in [0.05, 0.1) is 12.2 Å². The first-order valence-electron chi connectivity index (χ1n) is 11.2. The molecule has 4 nitrogen and oxygen atoms in total. The van der Waals surface area contributed by atoms with Crippen LogP contribution in [0.3, 0.4) is 0 Å². The van der Waals surface area contributed by atoms with E-state index in [4.69, 9.17) is 5.11 Å². The maximum Gasteiger partial charge on any atom is 0.345 e. The lowest BCUT2D eigenvalue weighted by Gasteiger charge is -2.22. The van der Waals surface area contributed by atoms with E-state index in [0.717, 1.165) is 72.9 Å². The number of unbranched alkanes of at least 4 members (excludes halogenated alkanes) is 2. The van der Waals surface area contributed by atoms with Crippen LogP contribution < -0.4 is 0 Å². The number of hydrogen-bond acceptors (Lipinski definition) is 4. The molecule has 31 heavy (non-hydrogen) atoms. The molecule has 3 unspecified atom stereocenters. The standard InChI is InChI=1S/C26H31NO3S/c1-2-3-4-8-23(28)18-9-11-20(12-10-18)25-19(13-14-21(25)17-27)6-5-7-22-15-16-24(31-22)26(29)30/h9-12,14-16,19,23,25,28H,2-8,13H2,1H3,(H,29,30). The average molecular weight is 438 g/mol. The van der Waals surface area contributed by atoms with E-state index in [1.807, 2.05) is 18.2 Å². The molecule has 3 atom stereocenters. The van der Waals surface area contributed by atoms with Gasteiger partial charge in [-0.05, 0) is 61.3 Å². The number of aliphatic hydroxyl groups excluding tert-OH is 1. The Balaban J connectivity index is 1.61. The Hall–Kier alpha value is -2.42. The number of aryl methyl sites for hydroxylation is 1. The highest BCUT2D eigenvalue weighted by Crippen LogP contribution is 2.42. The minimum absolute atomic E-state index is 0.106. The summed E-state index contributed by atoms with van der Waals surface area (Å²) in [6.45, 7) is 2.16. The molecule has 1 heterocycles. The first-order valence-corrected chi connectivity index (χ1v) is 12.0. The van der Waals surface area contributed by atoms with E-state index in [1.54, 1.807) is 6.07 Å². The number of thiophene rings is 1. The van der Waals surface area contributed by atoms with E-state index in [1.165, 1.54) is 11.3 Å². The molecule has 0 saturated carbocycles. The van der Waals surface area contributed by atoms with Crippen molar-refractivity contribution in [2.24, 2.45) is 5.92 Å². The van der Waals surface area contributed by atoms with E-state index in [-0.39, 0.29) is 5.92 Å². The lowest BCUT2D eigenvalue weighted by Crippen LogP contribution is -2.10. The van der Waals surface area contributed by atoms with Crippen LogP contribution in [0.15, 0.2) is 48.0 Å². The fourth-order valence-electron chi connectivity index (χ4n) is 4.49. The van der Waals surface area contributed by atoms with E-state index >= 15 is 0 Å². The molecule has 0 amide bonds. The third-order valence-corrected chi connectivity index (χ3v) is 7.34. The number of aliphatic hydroxyl groups is 1. The Labute approximate surface area is 188 Å². The molecule has 1 aliphatic rings. The quantitative estimate of drug-likeness (QED) is 0.386. The highest BCUT2D eigenvalue weighted by atomic mass is 32.1. The second-order valence-corrected chi connectivity index (χ2v) is 9.55. The number of benzene rings is 1. The molecule has 0 fully saturated rings. The van der Waals surface area contributed by atoms with Crippen molar-refractivity contribution in [2.75, 3.05) is 0 Å².